The molecule has 0 spiro atoms. The lowest BCUT2D eigenvalue weighted by molar-refractivity contribution is -0.121. The second-order valence-corrected chi connectivity index (χ2v) is 2.93. The molecule has 1 atom stereocenters. The average molecular weight is 169 g/mol. The first kappa shape index (κ1) is 11.2. The zero-order valence-electron chi connectivity index (χ0n) is 8.34. The summed E-state index contributed by atoms with van der Waals surface area (Å²) in [4.78, 5) is 13.2. The number of rotatable bonds is 6. The minimum absolute atomic E-state index is 0.0394. The summed E-state index contributed by atoms with van der Waals surface area (Å²) < 4.78 is 0. The van der Waals surface area contributed by atoms with Gasteiger partial charge in [-0.05, 0) is 26.5 Å². The molecule has 0 aliphatic carbocycles. The number of Topliss-reactive ketones (excluding diaryl/α,β-unsaturated/α-hetero) is 1. The normalized spacial score (nSPS) is 12.2. The van der Waals surface area contributed by atoms with Gasteiger partial charge in [0.2, 0.25) is 0 Å². The summed E-state index contributed by atoms with van der Waals surface area (Å²) in [7, 11) is 0. The number of ketones is 1. The molecule has 12 heavy (non-hydrogen) atoms. The molecule has 0 heterocycles. The van der Waals surface area contributed by atoms with Crippen molar-refractivity contribution in [2.75, 3.05) is 6.54 Å². The maximum Gasteiger partial charge on any atom is 0.152 e. The lowest BCUT2D eigenvalue weighted by Crippen LogP contribution is -2.35. The monoisotopic (exact) mass is 169 g/mol. The summed E-state index contributed by atoms with van der Waals surface area (Å²) >= 11 is 0. The molecule has 0 aliphatic rings. The van der Waals surface area contributed by atoms with E-state index in [1.54, 1.807) is 13.1 Å². The standard InChI is InChI=1S/C10H19NO/c1-5-8-10(9(4)12)11(6-2)7-3/h6,10H,2,5,7-8H2,1,3-4H3. The topological polar surface area (TPSA) is 20.3 Å². The summed E-state index contributed by atoms with van der Waals surface area (Å²) in [6, 6.07) is 0.0394. The smallest absolute Gasteiger partial charge is 0.152 e. The van der Waals surface area contributed by atoms with E-state index in [0.29, 0.717) is 0 Å². The molecule has 1 unspecified atom stereocenters. The van der Waals surface area contributed by atoms with Crippen molar-refractivity contribution < 1.29 is 4.79 Å². The number of nitrogens with zero attached hydrogens (tertiary/aromatic N) is 1. The number of carbonyl (C=O) groups is 1. The summed E-state index contributed by atoms with van der Waals surface area (Å²) in [5.41, 5.74) is 0. The van der Waals surface area contributed by atoms with Crippen molar-refractivity contribution >= 4 is 5.78 Å². The lowest BCUT2D eigenvalue weighted by atomic mass is 10.1. The van der Waals surface area contributed by atoms with Gasteiger partial charge in [-0.2, -0.15) is 0 Å². The number of hydrogen-bond donors (Lipinski definition) is 0. The van der Waals surface area contributed by atoms with Gasteiger partial charge in [0.15, 0.2) is 5.78 Å². The highest BCUT2D eigenvalue weighted by atomic mass is 16.1. The molecule has 0 fully saturated rings. The molecule has 0 amide bonds. The fourth-order valence-corrected chi connectivity index (χ4v) is 1.35. The maximum atomic E-state index is 11.2. The van der Waals surface area contributed by atoms with Gasteiger partial charge >= 0.3 is 0 Å². The van der Waals surface area contributed by atoms with E-state index in [1.165, 1.54) is 0 Å². The summed E-state index contributed by atoms with van der Waals surface area (Å²) in [5, 5.41) is 0. The highest BCUT2D eigenvalue weighted by Gasteiger charge is 2.16. The van der Waals surface area contributed by atoms with Gasteiger partial charge in [0.1, 0.15) is 0 Å². The number of carbonyl (C=O) groups excluding carboxylic acids is 1. The Morgan fingerprint density at radius 1 is 1.58 bits per heavy atom. The van der Waals surface area contributed by atoms with Crippen LogP contribution in [0.3, 0.4) is 0 Å². The Balaban J connectivity index is 4.24. The Kier molecular flexibility index (Phi) is 5.43. The first-order valence-corrected chi connectivity index (χ1v) is 4.56. The second kappa shape index (κ2) is 5.81. The van der Waals surface area contributed by atoms with Gasteiger partial charge in [0.05, 0.1) is 6.04 Å². The van der Waals surface area contributed by atoms with Gasteiger partial charge in [0.25, 0.3) is 0 Å². The average Bonchev–Trinajstić information content (AvgIpc) is 2.05. The van der Waals surface area contributed by atoms with E-state index < -0.39 is 0 Å². The van der Waals surface area contributed by atoms with Crippen LogP contribution in [0.5, 0.6) is 0 Å². The SMILES string of the molecule is C=CN(CC)C(CCC)C(C)=O. The molecule has 0 rings (SSSR count). The van der Waals surface area contributed by atoms with Gasteiger partial charge in [-0.25, -0.2) is 0 Å². The Morgan fingerprint density at radius 2 is 2.17 bits per heavy atom. The second-order valence-electron chi connectivity index (χ2n) is 2.93. The minimum Gasteiger partial charge on any atom is -0.368 e. The van der Waals surface area contributed by atoms with Crippen molar-refractivity contribution in [3.63, 3.8) is 0 Å². The van der Waals surface area contributed by atoms with Crippen molar-refractivity contribution in [2.45, 2.75) is 39.7 Å². The molecule has 0 radical (unpaired) electrons. The molecule has 0 saturated carbocycles. The van der Waals surface area contributed by atoms with Gasteiger partial charge in [-0.15, -0.1) is 0 Å². The van der Waals surface area contributed by atoms with Crippen LogP contribution in [-0.2, 0) is 4.79 Å². The predicted octanol–water partition coefficient (Wildman–Crippen LogP) is 2.21. The molecular weight excluding hydrogens is 150 g/mol. The van der Waals surface area contributed by atoms with Crippen LogP contribution >= 0.6 is 0 Å². The molecular formula is C10H19NO. The van der Waals surface area contributed by atoms with Crippen LogP contribution in [0.4, 0.5) is 0 Å². The third kappa shape index (κ3) is 3.07. The number of likely N-dealkylation sites (N-methyl/N-ethyl adjacent to an activating group) is 1. The predicted molar refractivity (Wildman–Crippen MR) is 52.0 cm³/mol. The van der Waals surface area contributed by atoms with E-state index >= 15 is 0 Å². The molecule has 0 aromatic carbocycles. The van der Waals surface area contributed by atoms with E-state index in [4.69, 9.17) is 0 Å². The summed E-state index contributed by atoms with van der Waals surface area (Å²) in [6.07, 6.45) is 3.71. The largest absolute Gasteiger partial charge is 0.368 e. The van der Waals surface area contributed by atoms with Gasteiger partial charge in [-0.1, -0.05) is 19.9 Å². The number of hydrogen-bond acceptors (Lipinski definition) is 2. The Morgan fingerprint density at radius 3 is 2.42 bits per heavy atom. The summed E-state index contributed by atoms with van der Waals surface area (Å²) in [6.45, 7) is 10.3. The molecule has 0 saturated heterocycles. The zero-order valence-corrected chi connectivity index (χ0v) is 8.34. The zero-order chi connectivity index (χ0) is 9.56. The van der Waals surface area contributed by atoms with Crippen molar-refractivity contribution in [1.29, 1.82) is 0 Å². The maximum absolute atomic E-state index is 11.2. The molecule has 0 N–H and O–H groups in total. The van der Waals surface area contributed by atoms with E-state index in [1.807, 2.05) is 11.8 Å². The van der Waals surface area contributed by atoms with Gasteiger partial charge in [-0.3, -0.25) is 4.79 Å². The van der Waals surface area contributed by atoms with Crippen molar-refractivity contribution in [3.8, 4) is 0 Å². The van der Waals surface area contributed by atoms with Gasteiger partial charge < -0.3 is 4.90 Å². The quantitative estimate of drug-likeness (QED) is 0.607. The molecule has 2 heteroatoms. The molecule has 2 nitrogen and oxygen atoms in total. The Labute approximate surface area is 75.3 Å². The van der Waals surface area contributed by atoms with E-state index in [0.717, 1.165) is 19.4 Å². The fourth-order valence-electron chi connectivity index (χ4n) is 1.35. The third-order valence-electron chi connectivity index (χ3n) is 2.03. The third-order valence-corrected chi connectivity index (χ3v) is 2.03. The molecule has 0 aromatic rings. The first-order valence-electron chi connectivity index (χ1n) is 4.56. The van der Waals surface area contributed by atoms with Crippen LogP contribution < -0.4 is 0 Å². The Bertz CT molecular complexity index is 154. The van der Waals surface area contributed by atoms with Crippen LogP contribution in [0.15, 0.2) is 12.8 Å². The first-order chi connectivity index (χ1) is 5.67. The molecule has 0 aromatic heterocycles. The molecule has 0 bridgehead atoms. The van der Waals surface area contributed by atoms with E-state index in [-0.39, 0.29) is 11.8 Å². The minimum atomic E-state index is 0.0394. The molecule has 0 aliphatic heterocycles. The lowest BCUT2D eigenvalue weighted by Gasteiger charge is -2.26. The van der Waals surface area contributed by atoms with Crippen molar-refractivity contribution in [1.82, 2.24) is 4.90 Å². The van der Waals surface area contributed by atoms with Crippen molar-refractivity contribution in [3.05, 3.63) is 12.8 Å². The van der Waals surface area contributed by atoms with Crippen LogP contribution in [0, 0.1) is 0 Å². The highest BCUT2D eigenvalue weighted by molar-refractivity contribution is 5.81. The highest BCUT2D eigenvalue weighted by Crippen LogP contribution is 2.08. The molecule has 70 valence electrons. The fraction of sp³-hybridized carbons (Fsp3) is 0.700. The van der Waals surface area contributed by atoms with E-state index in [9.17, 15) is 4.79 Å². The Hall–Kier alpha value is -0.790. The van der Waals surface area contributed by atoms with E-state index in [2.05, 4.69) is 13.5 Å². The van der Waals surface area contributed by atoms with Crippen LogP contribution in [0.2, 0.25) is 0 Å². The van der Waals surface area contributed by atoms with Crippen LogP contribution in [0.1, 0.15) is 33.6 Å². The van der Waals surface area contributed by atoms with Gasteiger partial charge in [0, 0.05) is 6.54 Å². The van der Waals surface area contributed by atoms with Crippen LogP contribution in [0.25, 0.3) is 0 Å². The van der Waals surface area contributed by atoms with Crippen molar-refractivity contribution in [2.24, 2.45) is 0 Å². The van der Waals surface area contributed by atoms with Crippen LogP contribution in [-0.4, -0.2) is 23.3 Å². The summed E-state index contributed by atoms with van der Waals surface area (Å²) in [5.74, 6) is 0.235.